The lowest BCUT2D eigenvalue weighted by Crippen LogP contribution is -2.54. The maximum absolute atomic E-state index is 13.2. The average molecular weight is 427 g/mol. The van der Waals surface area contributed by atoms with Crippen LogP contribution in [0.3, 0.4) is 0 Å². The number of urea groups is 1. The maximum atomic E-state index is 13.2. The van der Waals surface area contributed by atoms with Crippen molar-refractivity contribution in [3.8, 4) is 0 Å². The van der Waals surface area contributed by atoms with Crippen molar-refractivity contribution in [3.05, 3.63) is 35.9 Å². The first-order chi connectivity index (χ1) is 14.7. The molecule has 1 aliphatic carbocycles. The van der Waals surface area contributed by atoms with Gasteiger partial charge in [-0.15, -0.1) is 0 Å². The Balaban J connectivity index is 1.32. The SMILES string of the molecule is CC1CC(C)(C)CC2(C1)NC(=O)N(CC(=O)NC1CCN(Cc3ccccc3)C1)C2=O. The molecular weight excluding hydrogens is 392 g/mol. The molecular formula is C24H34N4O3. The molecule has 7 nitrogen and oxygen atoms in total. The van der Waals surface area contributed by atoms with Crippen LogP contribution in [-0.2, 0) is 16.1 Å². The fourth-order valence-corrected chi connectivity index (χ4v) is 6.00. The Morgan fingerprint density at radius 1 is 1.19 bits per heavy atom. The first kappa shape index (κ1) is 21.8. The molecule has 3 atom stereocenters. The number of imide groups is 1. The summed E-state index contributed by atoms with van der Waals surface area (Å²) in [4.78, 5) is 41.9. The normalized spacial score (nSPS) is 30.6. The van der Waals surface area contributed by atoms with Gasteiger partial charge >= 0.3 is 6.03 Å². The Kier molecular flexibility index (Phi) is 5.81. The third kappa shape index (κ3) is 4.76. The molecule has 2 aliphatic heterocycles. The molecule has 3 aliphatic rings. The van der Waals surface area contributed by atoms with Gasteiger partial charge in [0.05, 0.1) is 0 Å². The minimum Gasteiger partial charge on any atom is -0.350 e. The second kappa shape index (κ2) is 8.26. The fourth-order valence-electron chi connectivity index (χ4n) is 6.00. The number of benzene rings is 1. The van der Waals surface area contributed by atoms with E-state index in [0.717, 1.165) is 37.4 Å². The Bertz CT molecular complexity index is 856. The van der Waals surface area contributed by atoms with Gasteiger partial charge in [-0.1, -0.05) is 51.1 Å². The minimum absolute atomic E-state index is 0.0229. The van der Waals surface area contributed by atoms with E-state index in [9.17, 15) is 14.4 Å². The zero-order chi connectivity index (χ0) is 22.2. The van der Waals surface area contributed by atoms with Crippen LogP contribution in [0.1, 0.15) is 52.0 Å². The summed E-state index contributed by atoms with van der Waals surface area (Å²) in [5.74, 6) is -0.171. The Labute approximate surface area is 184 Å². The summed E-state index contributed by atoms with van der Waals surface area (Å²) in [5.41, 5.74) is 0.368. The Morgan fingerprint density at radius 3 is 2.65 bits per heavy atom. The van der Waals surface area contributed by atoms with E-state index in [1.165, 1.54) is 5.56 Å². The first-order valence-corrected chi connectivity index (χ1v) is 11.4. The van der Waals surface area contributed by atoms with E-state index in [1.807, 2.05) is 18.2 Å². The molecule has 3 unspecified atom stereocenters. The highest BCUT2D eigenvalue weighted by atomic mass is 16.2. The predicted molar refractivity (Wildman–Crippen MR) is 118 cm³/mol. The van der Waals surface area contributed by atoms with Crippen LogP contribution >= 0.6 is 0 Å². The van der Waals surface area contributed by atoms with Crippen molar-refractivity contribution in [1.82, 2.24) is 20.4 Å². The molecule has 1 spiro atoms. The average Bonchev–Trinajstić information content (AvgIpc) is 3.18. The molecule has 7 heteroatoms. The lowest BCUT2D eigenvalue weighted by Gasteiger charge is -2.43. The van der Waals surface area contributed by atoms with Gasteiger partial charge in [0.2, 0.25) is 5.91 Å². The highest BCUT2D eigenvalue weighted by Crippen LogP contribution is 2.46. The lowest BCUT2D eigenvalue weighted by molar-refractivity contribution is -0.137. The molecule has 4 amide bonds. The molecule has 4 rings (SSSR count). The van der Waals surface area contributed by atoms with E-state index in [-0.39, 0.29) is 29.8 Å². The standard InChI is InChI=1S/C24H34N4O3/c1-17-11-23(2,3)16-24(12-17)21(30)28(22(31)26-24)15-20(29)25-19-9-10-27(14-19)13-18-7-5-4-6-8-18/h4-8,17,19H,9-16H2,1-3H3,(H,25,29)(H,26,31). The number of nitrogens with one attached hydrogen (secondary N) is 2. The van der Waals surface area contributed by atoms with Crippen molar-refractivity contribution in [2.75, 3.05) is 19.6 Å². The summed E-state index contributed by atoms with van der Waals surface area (Å²) >= 11 is 0. The van der Waals surface area contributed by atoms with E-state index in [0.29, 0.717) is 18.8 Å². The van der Waals surface area contributed by atoms with Crippen LogP contribution in [0.2, 0.25) is 0 Å². The van der Waals surface area contributed by atoms with E-state index in [1.54, 1.807) is 0 Å². The molecule has 1 aromatic carbocycles. The summed E-state index contributed by atoms with van der Waals surface area (Å²) in [5, 5.41) is 5.96. The van der Waals surface area contributed by atoms with Crippen LogP contribution in [0.25, 0.3) is 0 Å². The van der Waals surface area contributed by atoms with Crippen LogP contribution in [0.15, 0.2) is 30.3 Å². The van der Waals surface area contributed by atoms with E-state index >= 15 is 0 Å². The molecule has 0 bridgehead atoms. The summed E-state index contributed by atoms with van der Waals surface area (Å²) in [6, 6.07) is 9.87. The molecule has 0 radical (unpaired) electrons. The van der Waals surface area contributed by atoms with Gasteiger partial charge in [-0.2, -0.15) is 0 Å². The van der Waals surface area contributed by atoms with Crippen molar-refractivity contribution in [1.29, 1.82) is 0 Å². The molecule has 1 saturated carbocycles. The monoisotopic (exact) mass is 426 g/mol. The van der Waals surface area contributed by atoms with Crippen molar-refractivity contribution in [2.24, 2.45) is 11.3 Å². The summed E-state index contributed by atoms with van der Waals surface area (Å²) in [6.45, 7) is 8.74. The van der Waals surface area contributed by atoms with Crippen LogP contribution < -0.4 is 10.6 Å². The molecule has 0 aromatic heterocycles. The predicted octanol–water partition coefficient (Wildman–Crippen LogP) is 2.51. The van der Waals surface area contributed by atoms with Crippen LogP contribution in [0, 0.1) is 11.3 Å². The lowest BCUT2D eigenvalue weighted by atomic mass is 9.64. The van der Waals surface area contributed by atoms with E-state index < -0.39 is 11.6 Å². The number of nitrogens with zero attached hydrogens (tertiary/aromatic N) is 2. The fraction of sp³-hybridized carbons (Fsp3) is 0.625. The number of carbonyl (C=O) groups is 3. The maximum Gasteiger partial charge on any atom is 0.325 e. The molecule has 2 N–H and O–H groups in total. The zero-order valence-electron chi connectivity index (χ0n) is 18.8. The van der Waals surface area contributed by atoms with Crippen LogP contribution in [0.5, 0.6) is 0 Å². The first-order valence-electron chi connectivity index (χ1n) is 11.4. The Hall–Kier alpha value is -2.41. The van der Waals surface area contributed by atoms with Gasteiger partial charge in [-0.05, 0) is 42.6 Å². The molecule has 168 valence electrons. The quantitative estimate of drug-likeness (QED) is 0.709. The highest BCUT2D eigenvalue weighted by molar-refractivity contribution is 6.09. The smallest absolute Gasteiger partial charge is 0.325 e. The second-order valence-electron chi connectivity index (χ2n) is 10.5. The number of hydrogen-bond donors (Lipinski definition) is 2. The number of hydrogen-bond acceptors (Lipinski definition) is 4. The molecule has 2 heterocycles. The van der Waals surface area contributed by atoms with Gasteiger partial charge in [0.25, 0.3) is 5.91 Å². The number of rotatable bonds is 5. The molecule has 31 heavy (non-hydrogen) atoms. The van der Waals surface area contributed by atoms with Gasteiger partial charge in [0.15, 0.2) is 0 Å². The third-order valence-electron chi connectivity index (χ3n) is 6.81. The van der Waals surface area contributed by atoms with E-state index in [4.69, 9.17) is 0 Å². The van der Waals surface area contributed by atoms with Gasteiger partial charge in [-0.3, -0.25) is 19.4 Å². The minimum atomic E-state index is -0.863. The van der Waals surface area contributed by atoms with Gasteiger partial charge < -0.3 is 10.6 Å². The topological polar surface area (TPSA) is 81.8 Å². The number of likely N-dealkylation sites (tertiary alicyclic amines) is 1. The van der Waals surface area contributed by atoms with E-state index in [2.05, 4.69) is 48.4 Å². The molecule has 1 aromatic rings. The van der Waals surface area contributed by atoms with Gasteiger partial charge in [0.1, 0.15) is 12.1 Å². The van der Waals surface area contributed by atoms with Gasteiger partial charge in [0, 0.05) is 25.7 Å². The van der Waals surface area contributed by atoms with Crippen molar-refractivity contribution in [2.45, 2.75) is 64.6 Å². The summed E-state index contributed by atoms with van der Waals surface area (Å²) in [7, 11) is 0. The van der Waals surface area contributed by atoms with Crippen molar-refractivity contribution < 1.29 is 14.4 Å². The largest absolute Gasteiger partial charge is 0.350 e. The Morgan fingerprint density at radius 2 is 1.94 bits per heavy atom. The van der Waals surface area contributed by atoms with Gasteiger partial charge in [-0.25, -0.2) is 4.79 Å². The second-order valence-corrected chi connectivity index (χ2v) is 10.5. The number of amides is 4. The van der Waals surface area contributed by atoms with Crippen LogP contribution in [-0.4, -0.2) is 58.9 Å². The molecule has 2 saturated heterocycles. The number of carbonyl (C=O) groups excluding carboxylic acids is 3. The summed E-state index contributed by atoms with van der Waals surface area (Å²) < 4.78 is 0. The van der Waals surface area contributed by atoms with Crippen LogP contribution in [0.4, 0.5) is 4.79 Å². The highest BCUT2D eigenvalue weighted by Gasteiger charge is 2.56. The summed E-state index contributed by atoms with van der Waals surface area (Å²) in [6.07, 6.45) is 3.15. The van der Waals surface area contributed by atoms with Crippen molar-refractivity contribution in [3.63, 3.8) is 0 Å². The zero-order valence-corrected chi connectivity index (χ0v) is 18.8. The third-order valence-corrected chi connectivity index (χ3v) is 6.81. The molecule has 3 fully saturated rings. The van der Waals surface area contributed by atoms with Crippen molar-refractivity contribution >= 4 is 17.8 Å².